The van der Waals surface area contributed by atoms with Crippen LogP contribution in [-0.2, 0) is 24.7 Å². The van der Waals surface area contributed by atoms with E-state index in [2.05, 4.69) is 61.3 Å². The van der Waals surface area contributed by atoms with Gasteiger partial charge in [0.2, 0.25) is 0 Å². The van der Waals surface area contributed by atoms with Crippen molar-refractivity contribution in [2.75, 3.05) is 18.5 Å². The van der Waals surface area contributed by atoms with E-state index < -0.39 is 17.8 Å². The third-order valence-electron chi connectivity index (χ3n) is 6.75. The average molecular weight is 527 g/mol. The van der Waals surface area contributed by atoms with Crippen LogP contribution in [0.25, 0.3) is 0 Å². The molecule has 1 aliphatic rings. The lowest BCUT2D eigenvalue weighted by molar-refractivity contribution is -0.137. The van der Waals surface area contributed by atoms with E-state index in [1.165, 1.54) is 36.1 Å². The number of hydrogen-bond acceptors (Lipinski definition) is 4. The van der Waals surface area contributed by atoms with Crippen LogP contribution in [0.2, 0.25) is 0 Å². The Bertz CT molecular complexity index is 1170. The Labute approximate surface area is 223 Å². The van der Waals surface area contributed by atoms with Gasteiger partial charge in [-0.05, 0) is 71.3 Å². The van der Waals surface area contributed by atoms with Crippen LogP contribution in [0, 0.1) is 0 Å². The lowest BCUT2D eigenvalue weighted by atomic mass is 9.87. The summed E-state index contributed by atoms with van der Waals surface area (Å²) in [6.07, 6.45) is -2.75. The van der Waals surface area contributed by atoms with Gasteiger partial charge in [0.15, 0.2) is 0 Å². The highest BCUT2D eigenvalue weighted by atomic mass is 19.4. The van der Waals surface area contributed by atoms with Crippen LogP contribution in [-0.4, -0.2) is 35.3 Å². The van der Waals surface area contributed by atoms with Gasteiger partial charge >= 0.3 is 6.18 Å². The van der Waals surface area contributed by atoms with Gasteiger partial charge in [0, 0.05) is 31.4 Å². The number of aliphatic hydroxyl groups excluding tert-OH is 1. The van der Waals surface area contributed by atoms with Crippen LogP contribution < -0.4 is 10.1 Å². The molecule has 0 aromatic heterocycles. The maximum Gasteiger partial charge on any atom is 0.416 e. The Morgan fingerprint density at radius 1 is 0.895 bits per heavy atom. The SMILES string of the molecule is CC(C)(C)c1ccc(CN(Cc2cccc(OCC(O)CNc3ccc(C(F)(F)F)cc3)c2)C2CC2)cc1. The molecule has 3 aromatic rings. The number of anilines is 1. The van der Waals surface area contributed by atoms with Crippen molar-refractivity contribution in [3.63, 3.8) is 0 Å². The summed E-state index contributed by atoms with van der Waals surface area (Å²) in [4.78, 5) is 2.51. The first-order valence-corrected chi connectivity index (χ1v) is 13.1. The van der Waals surface area contributed by atoms with Gasteiger partial charge in [0.1, 0.15) is 18.5 Å². The normalized spacial score (nSPS) is 14.9. The highest BCUT2D eigenvalue weighted by Crippen LogP contribution is 2.32. The summed E-state index contributed by atoms with van der Waals surface area (Å²) in [5.74, 6) is 0.682. The minimum Gasteiger partial charge on any atom is -0.491 e. The predicted octanol–water partition coefficient (Wildman–Crippen LogP) is 7.02. The van der Waals surface area contributed by atoms with Crippen molar-refractivity contribution in [1.82, 2.24) is 4.90 Å². The zero-order valence-corrected chi connectivity index (χ0v) is 22.3. The molecule has 0 spiro atoms. The Hall–Kier alpha value is -3.03. The molecule has 4 nitrogen and oxygen atoms in total. The van der Waals surface area contributed by atoms with E-state index in [9.17, 15) is 18.3 Å². The summed E-state index contributed by atoms with van der Waals surface area (Å²) in [6, 6.07) is 22.2. The monoisotopic (exact) mass is 526 g/mol. The number of nitrogens with one attached hydrogen (secondary N) is 1. The lowest BCUT2D eigenvalue weighted by Gasteiger charge is -2.24. The number of ether oxygens (including phenoxy) is 1. The summed E-state index contributed by atoms with van der Waals surface area (Å²) in [5, 5.41) is 13.3. The molecule has 1 unspecified atom stereocenters. The van der Waals surface area contributed by atoms with Crippen molar-refractivity contribution in [3.8, 4) is 5.75 Å². The predicted molar refractivity (Wildman–Crippen MR) is 145 cm³/mol. The third kappa shape index (κ3) is 8.23. The fraction of sp³-hybridized carbons (Fsp3) is 0.419. The van der Waals surface area contributed by atoms with Gasteiger partial charge < -0.3 is 15.2 Å². The first-order valence-electron chi connectivity index (χ1n) is 13.1. The summed E-state index contributed by atoms with van der Waals surface area (Å²) < 4.78 is 43.9. The summed E-state index contributed by atoms with van der Waals surface area (Å²) >= 11 is 0. The fourth-order valence-corrected chi connectivity index (χ4v) is 4.33. The Kier molecular flexibility index (Phi) is 8.68. The molecule has 204 valence electrons. The van der Waals surface area contributed by atoms with Crippen LogP contribution in [0.1, 0.15) is 55.9 Å². The second-order valence-corrected chi connectivity index (χ2v) is 11.2. The largest absolute Gasteiger partial charge is 0.491 e. The number of benzene rings is 3. The number of rotatable bonds is 11. The van der Waals surface area contributed by atoms with Crippen LogP contribution in [0.15, 0.2) is 72.8 Å². The zero-order valence-electron chi connectivity index (χ0n) is 22.3. The van der Waals surface area contributed by atoms with Crippen molar-refractivity contribution in [3.05, 3.63) is 95.1 Å². The van der Waals surface area contributed by atoms with Gasteiger partial charge in [-0.3, -0.25) is 4.90 Å². The molecule has 0 bridgehead atoms. The minimum atomic E-state index is -4.37. The minimum absolute atomic E-state index is 0.0730. The molecule has 0 amide bonds. The lowest BCUT2D eigenvalue weighted by Crippen LogP contribution is -2.26. The molecule has 1 aliphatic carbocycles. The van der Waals surface area contributed by atoms with Crippen molar-refractivity contribution in [1.29, 1.82) is 0 Å². The molecule has 7 heteroatoms. The second-order valence-electron chi connectivity index (χ2n) is 11.2. The van der Waals surface area contributed by atoms with E-state index in [-0.39, 0.29) is 18.6 Å². The summed E-state index contributed by atoms with van der Waals surface area (Å²) in [5.41, 5.74) is 3.73. The first kappa shape index (κ1) is 28.0. The Morgan fingerprint density at radius 3 is 2.13 bits per heavy atom. The smallest absolute Gasteiger partial charge is 0.416 e. The van der Waals surface area contributed by atoms with Gasteiger partial charge in [0.05, 0.1) is 5.56 Å². The Balaban J connectivity index is 1.27. The van der Waals surface area contributed by atoms with Crippen LogP contribution in [0.5, 0.6) is 5.75 Å². The molecular weight excluding hydrogens is 489 g/mol. The number of nitrogens with zero attached hydrogens (tertiary/aromatic N) is 1. The standard InChI is InChI=1S/C31H37F3N2O2/c1-30(2,3)24-9-7-22(8-10-24)19-36(27-15-16-27)20-23-5-4-6-29(17-23)38-21-28(37)18-35-26-13-11-25(12-14-26)31(32,33)34/h4-14,17,27-28,35,37H,15-16,18-21H2,1-3H3. The molecule has 0 heterocycles. The highest BCUT2D eigenvalue weighted by molar-refractivity contribution is 5.45. The molecule has 1 fully saturated rings. The molecule has 38 heavy (non-hydrogen) atoms. The van der Waals surface area contributed by atoms with Crippen LogP contribution >= 0.6 is 0 Å². The molecule has 0 radical (unpaired) electrons. The van der Waals surface area contributed by atoms with Gasteiger partial charge in [-0.25, -0.2) is 0 Å². The maximum absolute atomic E-state index is 12.7. The van der Waals surface area contributed by atoms with Crippen molar-refractivity contribution >= 4 is 5.69 Å². The van der Waals surface area contributed by atoms with Crippen molar-refractivity contribution in [2.24, 2.45) is 0 Å². The highest BCUT2D eigenvalue weighted by Gasteiger charge is 2.30. The van der Waals surface area contributed by atoms with Crippen LogP contribution in [0.4, 0.5) is 18.9 Å². The van der Waals surface area contributed by atoms with Gasteiger partial charge in [-0.15, -0.1) is 0 Å². The fourth-order valence-electron chi connectivity index (χ4n) is 4.33. The quantitative estimate of drug-likeness (QED) is 0.282. The van der Waals surface area contributed by atoms with E-state index in [0.29, 0.717) is 17.5 Å². The topological polar surface area (TPSA) is 44.7 Å². The summed E-state index contributed by atoms with van der Waals surface area (Å²) in [6.45, 7) is 8.63. The van der Waals surface area contributed by atoms with Crippen LogP contribution in [0.3, 0.4) is 0 Å². The maximum atomic E-state index is 12.7. The first-order chi connectivity index (χ1) is 18.0. The molecular formula is C31H37F3N2O2. The van der Waals surface area contributed by atoms with Gasteiger partial charge in [0.25, 0.3) is 0 Å². The van der Waals surface area contributed by atoms with Crippen molar-refractivity contribution in [2.45, 2.75) is 70.4 Å². The molecule has 1 saturated carbocycles. The molecule has 2 N–H and O–H groups in total. The molecule has 4 rings (SSSR count). The van der Waals surface area contributed by atoms with E-state index >= 15 is 0 Å². The Morgan fingerprint density at radius 2 is 1.53 bits per heavy atom. The summed E-state index contributed by atoms with van der Waals surface area (Å²) in [7, 11) is 0. The number of hydrogen-bond donors (Lipinski definition) is 2. The number of halogens is 3. The van der Waals surface area contributed by atoms with E-state index in [0.717, 1.165) is 30.8 Å². The number of aliphatic hydroxyl groups is 1. The van der Waals surface area contributed by atoms with E-state index in [1.807, 2.05) is 18.2 Å². The third-order valence-corrected chi connectivity index (χ3v) is 6.75. The van der Waals surface area contributed by atoms with E-state index in [1.54, 1.807) is 0 Å². The average Bonchev–Trinajstić information content (AvgIpc) is 3.71. The van der Waals surface area contributed by atoms with Gasteiger partial charge in [-0.2, -0.15) is 13.2 Å². The second kappa shape index (κ2) is 11.8. The van der Waals surface area contributed by atoms with Gasteiger partial charge in [-0.1, -0.05) is 57.2 Å². The molecule has 0 saturated heterocycles. The number of alkyl halides is 3. The van der Waals surface area contributed by atoms with E-state index in [4.69, 9.17) is 4.74 Å². The molecule has 3 aromatic carbocycles. The molecule has 0 aliphatic heterocycles. The molecule has 1 atom stereocenters. The zero-order chi connectivity index (χ0) is 27.3. The van der Waals surface area contributed by atoms with Crippen molar-refractivity contribution < 1.29 is 23.0 Å².